The van der Waals surface area contributed by atoms with Crippen LogP contribution >= 0.6 is 0 Å². The van der Waals surface area contributed by atoms with Crippen LogP contribution in [0.15, 0.2) is 12.7 Å². The number of nitrogens with zero attached hydrogens (tertiary/aromatic N) is 3. The summed E-state index contributed by atoms with van der Waals surface area (Å²) in [5.41, 5.74) is 0. The molecule has 1 aromatic heterocycles. The van der Waals surface area contributed by atoms with Gasteiger partial charge in [0.2, 0.25) is 5.95 Å². The summed E-state index contributed by atoms with van der Waals surface area (Å²) < 4.78 is 10.8. The zero-order valence-corrected chi connectivity index (χ0v) is 11.1. The van der Waals surface area contributed by atoms with Gasteiger partial charge in [-0.15, -0.1) is 11.6 Å². The van der Waals surface area contributed by atoms with E-state index in [2.05, 4.69) is 26.8 Å². The average Bonchev–Trinajstić information content (AvgIpc) is 2.28. The lowest BCUT2D eigenvalue weighted by molar-refractivity contribution is 0.214. The number of nitrogens with one attached hydrogen (secondary N) is 1. The summed E-state index contributed by atoms with van der Waals surface area (Å²) in [4.78, 5) is 12.4. The number of hydrogen-bond donors (Lipinski definition) is 1. The number of anilines is 1. The van der Waals surface area contributed by atoms with Crippen molar-refractivity contribution < 1.29 is 9.47 Å². The van der Waals surface area contributed by atoms with Gasteiger partial charge in [-0.3, -0.25) is 0 Å². The highest BCUT2D eigenvalue weighted by molar-refractivity contribution is 5.27. The van der Waals surface area contributed by atoms with E-state index in [1.165, 1.54) is 0 Å². The first-order chi connectivity index (χ1) is 8.65. The molecule has 1 N–H and O–H groups in total. The fourth-order valence-electron chi connectivity index (χ4n) is 1.14. The Balaban J connectivity index is 2.79. The van der Waals surface area contributed by atoms with Crippen LogP contribution in [0.2, 0.25) is 0 Å². The Morgan fingerprint density at radius 1 is 1.28 bits per heavy atom. The molecule has 0 fully saturated rings. The number of ether oxygens (including phenoxy) is 2. The first kappa shape index (κ1) is 14.2. The first-order valence-electron chi connectivity index (χ1n) is 6.06. The van der Waals surface area contributed by atoms with E-state index in [4.69, 9.17) is 9.47 Å². The van der Waals surface area contributed by atoms with Gasteiger partial charge in [0.25, 0.3) is 0 Å². The molecule has 100 valence electrons. The second kappa shape index (κ2) is 7.47. The Bertz CT molecular complexity index is 382. The van der Waals surface area contributed by atoms with Crippen molar-refractivity contribution in [2.24, 2.45) is 0 Å². The Morgan fingerprint density at radius 2 is 2.00 bits per heavy atom. The predicted octanol–water partition coefficient (Wildman–Crippen LogP) is 2.05. The lowest BCUT2D eigenvalue weighted by atomic mass is 10.5. The fourth-order valence-corrected chi connectivity index (χ4v) is 1.14. The van der Waals surface area contributed by atoms with Gasteiger partial charge in [-0.1, -0.05) is 6.08 Å². The molecule has 0 atom stereocenters. The Kier molecular flexibility index (Phi) is 5.90. The van der Waals surface area contributed by atoms with Crippen molar-refractivity contribution in [3.05, 3.63) is 12.7 Å². The molecule has 0 aliphatic heterocycles. The van der Waals surface area contributed by atoms with Gasteiger partial charge < -0.3 is 14.8 Å². The maximum absolute atomic E-state index is 5.45. The van der Waals surface area contributed by atoms with Crippen molar-refractivity contribution in [3.63, 3.8) is 0 Å². The van der Waals surface area contributed by atoms with Gasteiger partial charge >= 0.3 is 12.0 Å². The van der Waals surface area contributed by atoms with E-state index in [0.29, 0.717) is 12.6 Å². The highest BCUT2D eigenvalue weighted by Crippen LogP contribution is 2.14. The van der Waals surface area contributed by atoms with Crippen LogP contribution in [0.4, 0.5) is 5.95 Å². The van der Waals surface area contributed by atoms with Crippen LogP contribution in [-0.4, -0.2) is 34.2 Å². The maximum Gasteiger partial charge on any atom is 0.324 e. The van der Waals surface area contributed by atoms with Crippen molar-refractivity contribution in [3.8, 4) is 12.0 Å². The molecule has 0 aliphatic rings. The van der Waals surface area contributed by atoms with Gasteiger partial charge in [-0.05, 0) is 27.2 Å². The lowest BCUT2D eigenvalue weighted by Gasteiger charge is -2.10. The summed E-state index contributed by atoms with van der Waals surface area (Å²) in [7, 11) is 0. The van der Waals surface area contributed by atoms with E-state index in [0.717, 1.165) is 13.0 Å². The minimum Gasteiger partial charge on any atom is -0.463 e. The second-order valence-electron chi connectivity index (χ2n) is 3.85. The van der Waals surface area contributed by atoms with Crippen molar-refractivity contribution in [1.29, 1.82) is 0 Å². The van der Waals surface area contributed by atoms with E-state index in [-0.39, 0.29) is 18.1 Å². The Hall–Kier alpha value is -1.85. The summed E-state index contributed by atoms with van der Waals surface area (Å²) in [6.07, 6.45) is 2.52. The average molecular weight is 252 g/mol. The van der Waals surface area contributed by atoms with Gasteiger partial charge in [0, 0.05) is 6.54 Å². The van der Waals surface area contributed by atoms with E-state index in [1.807, 2.05) is 20.8 Å². The summed E-state index contributed by atoms with van der Waals surface area (Å²) in [6, 6.07) is 0.531. The quantitative estimate of drug-likeness (QED) is 0.564. The van der Waals surface area contributed by atoms with Gasteiger partial charge in [0.05, 0.1) is 12.7 Å². The van der Waals surface area contributed by atoms with Gasteiger partial charge in [-0.25, -0.2) is 0 Å². The van der Waals surface area contributed by atoms with E-state index in [9.17, 15) is 0 Å². The predicted molar refractivity (Wildman–Crippen MR) is 70.1 cm³/mol. The molecule has 6 heteroatoms. The van der Waals surface area contributed by atoms with Gasteiger partial charge in [-0.2, -0.15) is 9.97 Å². The molecular formula is C12H20N4O2. The number of aromatic nitrogens is 3. The molecule has 0 saturated heterocycles. The standard InChI is InChI=1S/C12H20N4O2/c1-5-7-8-17-11-14-10(13-6-2)15-12(16-11)18-9(3)4/h5,9H,1,6-8H2,2-4H3,(H,13,14,15,16). The molecular weight excluding hydrogens is 232 g/mol. The molecule has 6 nitrogen and oxygen atoms in total. The molecule has 1 aromatic rings. The van der Waals surface area contributed by atoms with Crippen molar-refractivity contribution in [2.45, 2.75) is 33.3 Å². The van der Waals surface area contributed by atoms with E-state index < -0.39 is 0 Å². The summed E-state index contributed by atoms with van der Waals surface area (Å²) in [6.45, 7) is 10.6. The van der Waals surface area contributed by atoms with Crippen LogP contribution in [0.3, 0.4) is 0 Å². The maximum atomic E-state index is 5.45. The molecule has 0 aliphatic carbocycles. The van der Waals surface area contributed by atoms with Crippen molar-refractivity contribution in [2.75, 3.05) is 18.5 Å². The third-order valence-electron chi connectivity index (χ3n) is 1.82. The molecule has 0 saturated carbocycles. The molecule has 0 bridgehead atoms. The first-order valence-corrected chi connectivity index (χ1v) is 6.06. The third kappa shape index (κ3) is 4.99. The van der Waals surface area contributed by atoms with Crippen LogP contribution in [0.5, 0.6) is 12.0 Å². The monoisotopic (exact) mass is 252 g/mol. The highest BCUT2D eigenvalue weighted by atomic mass is 16.5. The fraction of sp³-hybridized carbons (Fsp3) is 0.583. The SMILES string of the molecule is C=CCCOc1nc(NCC)nc(OC(C)C)n1. The van der Waals surface area contributed by atoms with Crippen LogP contribution in [0, 0.1) is 0 Å². The molecule has 0 amide bonds. The summed E-state index contributed by atoms with van der Waals surface area (Å²) >= 11 is 0. The normalized spacial score (nSPS) is 10.2. The lowest BCUT2D eigenvalue weighted by Crippen LogP contribution is -2.12. The smallest absolute Gasteiger partial charge is 0.324 e. The second-order valence-corrected chi connectivity index (χ2v) is 3.85. The molecule has 0 aromatic carbocycles. The Labute approximate surface area is 107 Å². The van der Waals surface area contributed by atoms with Crippen LogP contribution in [0.25, 0.3) is 0 Å². The third-order valence-corrected chi connectivity index (χ3v) is 1.82. The minimum absolute atomic E-state index is 0.00269. The topological polar surface area (TPSA) is 69.2 Å². The molecule has 1 rings (SSSR count). The highest BCUT2D eigenvalue weighted by Gasteiger charge is 2.09. The van der Waals surface area contributed by atoms with E-state index in [1.54, 1.807) is 6.08 Å². The van der Waals surface area contributed by atoms with Crippen LogP contribution in [0.1, 0.15) is 27.2 Å². The number of hydrogen-bond acceptors (Lipinski definition) is 6. The zero-order chi connectivity index (χ0) is 13.4. The summed E-state index contributed by atoms with van der Waals surface area (Å²) in [5.74, 6) is 0.455. The van der Waals surface area contributed by atoms with Crippen molar-refractivity contribution >= 4 is 5.95 Å². The van der Waals surface area contributed by atoms with E-state index >= 15 is 0 Å². The zero-order valence-electron chi connectivity index (χ0n) is 11.1. The van der Waals surface area contributed by atoms with Crippen LogP contribution < -0.4 is 14.8 Å². The van der Waals surface area contributed by atoms with Crippen molar-refractivity contribution in [1.82, 2.24) is 15.0 Å². The van der Waals surface area contributed by atoms with Gasteiger partial charge in [0.1, 0.15) is 0 Å². The Morgan fingerprint density at radius 3 is 2.61 bits per heavy atom. The minimum atomic E-state index is 0.00269. The molecule has 0 unspecified atom stereocenters. The number of rotatable bonds is 8. The molecule has 0 radical (unpaired) electrons. The largest absolute Gasteiger partial charge is 0.463 e. The van der Waals surface area contributed by atoms with Gasteiger partial charge in [0.15, 0.2) is 0 Å². The molecule has 1 heterocycles. The summed E-state index contributed by atoms with van der Waals surface area (Å²) in [5, 5.41) is 3.01. The van der Waals surface area contributed by atoms with Crippen LogP contribution in [-0.2, 0) is 0 Å². The molecule has 0 spiro atoms. The molecule has 18 heavy (non-hydrogen) atoms.